The van der Waals surface area contributed by atoms with Crippen LogP contribution in [0.1, 0.15) is 28.2 Å². The first-order valence-electron chi connectivity index (χ1n) is 13.9. The molecule has 1 atom stereocenters. The number of carbonyl (C=O) groups excluding carboxylic acids is 1. The van der Waals surface area contributed by atoms with E-state index in [4.69, 9.17) is 24.7 Å². The zero-order valence-electron chi connectivity index (χ0n) is 23.8. The van der Waals surface area contributed by atoms with Crippen LogP contribution >= 0.6 is 0 Å². The number of nitriles is 1. The number of nitrogens with two attached hydrogens (primary N) is 1. The summed E-state index contributed by atoms with van der Waals surface area (Å²) in [4.78, 5) is 12.9. The summed E-state index contributed by atoms with van der Waals surface area (Å²) >= 11 is 0. The average Bonchev–Trinajstić information content (AvgIpc) is 3.04. The Kier molecular flexibility index (Phi) is 7.85. The summed E-state index contributed by atoms with van der Waals surface area (Å²) in [6.45, 7) is 0.217. The molecule has 0 amide bonds. The van der Waals surface area contributed by atoms with Crippen molar-refractivity contribution in [3.8, 4) is 29.1 Å². The predicted octanol–water partition coefficient (Wildman–Crippen LogP) is 6.93. The van der Waals surface area contributed by atoms with Crippen LogP contribution in [0.25, 0.3) is 10.8 Å². The zero-order chi connectivity index (χ0) is 30.6. The third-order valence-corrected chi connectivity index (χ3v) is 7.47. The molecule has 0 saturated carbocycles. The molecule has 1 heterocycles. The number of rotatable bonds is 8. The third kappa shape index (κ3) is 5.76. The molecule has 0 saturated heterocycles. The summed E-state index contributed by atoms with van der Waals surface area (Å²) < 4.78 is 36.3. The van der Waals surface area contributed by atoms with Crippen LogP contribution in [-0.2, 0) is 17.8 Å². The van der Waals surface area contributed by atoms with Gasteiger partial charge < -0.3 is 24.7 Å². The van der Waals surface area contributed by atoms with Gasteiger partial charge in [0.1, 0.15) is 35.6 Å². The molecule has 0 fully saturated rings. The van der Waals surface area contributed by atoms with Gasteiger partial charge in [-0.25, -0.2) is 4.39 Å². The number of hydrogen-bond acceptors (Lipinski definition) is 7. The summed E-state index contributed by atoms with van der Waals surface area (Å²) in [5.74, 6) is 0.254. The summed E-state index contributed by atoms with van der Waals surface area (Å²) in [6, 6.07) is 32.3. The Balaban J connectivity index is 1.24. The highest BCUT2D eigenvalue weighted by Gasteiger charge is 2.32. The SMILES string of the molecule is COc1cc(C2C(C#N)=C(N)Oc3cc(OC(=O)Cc4cccc5ccccc45)ccc32)ccc1OCc1ccc(F)cc1. The number of carbonyl (C=O) groups is 1. The van der Waals surface area contributed by atoms with Crippen LogP contribution in [0, 0.1) is 17.1 Å². The molecular weight excluding hydrogens is 559 g/mol. The number of halogens is 1. The Morgan fingerprint density at radius 3 is 2.55 bits per heavy atom. The fourth-order valence-corrected chi connectivity index (χ4v) is 5.34. The normalized spacial score (nSPS) is 13.9. The van der Waals surface area contributed by atoms with E-state index in [2.05, 4.69) is 6.07 Å². The van der Waals surface area contributed by atoms with Gasteiger partial charge in [0, 0.05) is 11.6 Å². The van der Waals surface area contributed by atoms with Gasteiger partial charge in [0.15, 0.2) is 11.5 Å². The number of fused-ring (bicyclic) bond motifs is 2. The van der Waals surface area contributed by atoms with Crippen LogP contribution in [0.4, 0.5) is 4.39 Å². The molecule has 6 rings (SSSR count). The Morgan fingerprint density at radius 1 is 0.955 bits per heavy atom. The highest BCUT2D eigenvalue weighted by Crippen LogP contribution is 2.45. The minimum absolute atomic E-state index is 0.0418. The number of allylic oxidation sites excluding steroid dienone is 1. The second-order valence-corrected chi connectivity index (χ2v) is 10.2. The molecule has 8 heteroatoms. The maximum absolute atomic E-state index is 13.3. The van der Waals surface area contributed by atoms with Crippen molar-refractivity contribution >= 4 is 16.7 Å². The maximum atomic E-state index is 13.3. The van der Waals surface area contributed by atoms with Crippen LogP contribution < -0.4 is 24.7 Å². The molecule has 44 heavy (non-hydrogen) atoms. The van der Waals surface area contributed by atoms with Gasteiger partial charge in [-0.05, 0) is 57.8 Å². The lowest BCUT2D eigenvalue weighted by molar-refractivity contribution is -0.133. The smallest absolute Gasteiger partial charge is 0.315 e. The summed E-state index contributed by atoms with van der Waals surface area (Å²) in [5.41, 5.74) is 9.50. The van der Waals surface area contributed by atoms with Crippen molar-refractivity contribution in [1.29, 1.82) is 5.26 Å². The second-order valence-electron chi connectivity index (χ2n) is 10.2. The van der Waals surface area contributed by atoms with Crippen molar-refractivity contribution in [2.45, 2.75) is 18.9 Å². The molecule has 0 bridgehead atoms. The highest BCUT2D eigenvalue weighted by atomic mass is 19.1. The van der Waals surface area contributed by atoms with E-state index in [1.165, 1.54) is 19.2 Å². The summed E-state index contributed by atoms with van der Waals surface area (Å²) in [6.07, 6.45) is 0.0952. The minimum Gasteiger partial charge on any atom is -0.493 e. The van der Waals surface area contributed by atoms with E-state index in [0.29, 0.717) is 28.6 Å². The first-order chi connectivity index (χ1) is 21.4. The van der Waals surface area contributed by atoms with Gasteiger partial charge in [-0.1, -0.05) is 66.7 Å². The molecule has 2 N–H and O–H groups in total. The molecule has 1 aliphatic heterocycles. The van der Waals surface area contributed by atoms with E-state index in [0.717, 1.165) is 27.5 Å². The Morgan fingerprint density at radius 2 is 1.75 bits per heavy atom. The number of hydrogen-bond donors (Lipinski definition) is 1. The van der Waals surface area contributed by atoms with Crippen molar-refractivity contribution < 1.29 is 28.1 Å². The molecule has 1 aliphatic rings. The summed E-state index contributed by atoms with van der Waals surface area (Å²) in [5, 5.41) is 12.0. The number of methoxy groups -OCH3 is 1. The lowest BCUT2D eigenvalue weighted by atomic mass is 9.83. The average molecular weight is 587 g/mol. The second kappa shape index (κ2) is 12.2. The first kappa shape index (κ1) is 28.3. The van der Waals surface area contributed by atoms with Crippen molar-refractivity contribution in [1.82, 2.24) is 0 Å². The van der Waals surface area contributed by atoms with Crippen LogP contribution in [0.15, 0.2) is 115 Å². The van der Waals surface area contributed by atoms with E-state index < -0.39 is 11.9 Å². The molecule has 218 valence electrons. The molecule has 7 nitrogen and oxygen atoms in total. The van der Waals surface area contributed by atoms with Gasteiger partial charge in [0.2, 0.25) is 5.88 Å². The summed E-state index contributed by atoms with van der Waals surface area (Å²) in [7, 11) is 1.52. The molecule has 0 aromatic heterocycles. The fraction of sp³-hybridized carbons (Fsp3) is 0.111. The van der Waals surface area contributed by atoms with Gasteiger partial charge >= 0.3 is 5.97 Å². The van der Waals surface area contributed by atoms with E-state index in [9.17, 15) is 14.4 Å². The largest absolute Gasteiger partial charge is 0.493 e. The highest BCUT2D eigenvalue weighted by molar-refractivity contribution is 5.89. The first-order valence-corrected chi connectivity index (χ1v) is 13.9. The van der Waals surface area contributed by atoms with Gasteiger partial charge in [-0.15, -0.1) is 0 Å². The Hall–Kier alpha value is -5.81. The van der Waals surface area contributed by atoms with E-state index in [-0.39, 0.29) is 30.3 Å². The van der Waals surface area contributed by atoms with Gasteiger partial charge in [-0.3, -0.25) is 4.79 Å². The standard InChI is InChI=1S/C36H27FN2O5/c1-41-33-17-25(11-16-31(33)42-21-22-9-12-26(37)13-10-22)35-29-15-14-27(19-32(29)44-36(39)30(35)20-38)43-34(40)18-24-7-4-6-23-5-2-3-8-28(23)24/h2-17,19,35H,18,21,39H2,1H3. The molecule has 0 radical (unpaired) electrons. The van der Waals surface area contributed by atoms with Crippen molar-refractivity contribution in [2.75, 3.05) is 7.11 Å². The van der Waals surface area contributed by atoms with Crippen LogP contribution in [-0.4, -0.2) is 13.1 Å². The lowest BCUT2D eigenvalue weighted by Gasteiger charge is -2.27. The molecule has 0 spiro atoms. The Bertz CT molecular complexity index is 1940. The van der Waals surface area contributed by atoms with E-state index in [1.54, 1.807) is 42.5 Å². The fourth-order valence-electron chi connectivity index (χ4n) is 5.34. The molecule has 0 aliphatic carbocycles. The Labute approximate surface area is 253 Å². The van der Waals surface area contributed by atoms with Gasteiger partial charge in [-0.2, -0.15) is 5.26 Å². The zero-order valence-corrected chi connectivity index (χ0v) is 23.8. The number of esters is 1. The lowest BCUT2D eigenvalue weighted by Crippen LogP contribution is -2.21. The van der Waals surface area contributed by atoms with Crippen molar-refractivity contribution in [3.63, 3.8) is 0 Å². The van der Waals surface area contributed by atoms with Crippen LogP contribution in [0.5, 0.6) is 23.0 Å². The van der Waals surface area contributed by atoms with Crippen LogP contribution in [0.2, 0.25) is 0 Å². The van der Waals surface area contributed by atoms with E-state index >= 15 is 0 Å². The third-order valence-electron chi connectivity index (χ3n) is 7.47. The predicted molar refractivity (Wildman–Crippen MR) is 163 cm³/mol. The maximum Gasteiger partial charge on any atom is 0.315 e. The number of benzene rings is 5. The van der Waals surface area contributed by atoms with Crippen LogP contribution in [0.3, 0.4) is 0 Å². The van der Waals surface area contributed by atoms with Gasteiger partial charge in [0.05, 0.1) is 19.4 Å². The minimum atomic E-state index is -0.566. The van der Waals surface area contributed by atoms with E-state index in [1.807, 2.05) is 48.5 Å². The molecule has 5 aromatic rings. The molecule has 1 unspecified atom stereocenters. The topological polar surface area (TPSA) is 104 Å². The molecule has 5 aromatic carbocycles. The monoisotopic (exact) mass is 586 g/mol. The quantitative estimate of drug-likeness (QED) is 0.155. The molecular formula is C36H27FN2O5. The van der Waals surface area contributed by atoms with Gasteiger partial charge in [0.25, 0.3) is 0 Å². The van der Waals surface area contributed by atoms with Crippen molar-refractivity contribution in [3.05, 3.63) is 143 Å². The van der Waals surface area contributed by atoms with Crippen molar-refractivity contribution in [2.24, 2.45) is 5.73 Å². The number of ether oxygens (including phenoxy) is 4. The number of nitrogens with zero attached hydrogens (tertiary/aromatic N) is 1.